The first kappa shape index (κ1) is 16.3. The molecule has 0 bridgehead atoms. The van der Waals surface area contributed by atoms with Crippen LogP contribution < -0.4 is 10.6 Å². The van der Waals surface area contributed by atoms with Crippen LogP contribution in [-0.2, 0) is 11.3 Å². The number of ether oxygens (including phenoxy) is 1. The Kier molecular flexibility index (Phi) is 5.38. The van der Waals surface area contributed by atoms with Gasteiger partial charge in [-0.2, -0.15) is 0 Å². The SMILES string of the molecule is COCCC1(CNC(=O)NCc2ccc(C(=O)O)cc2)CC1. The number of carbonyl (C=O) groups excluding carboxylic acids is 1. The van der Waals surface area contributed by atoms with Crippen molar-refractivity contribution < 1.29 is 19.4 Å². The minimum absolute atomic E-state index is 0.203. The van der Waals surface area contributed by atoms with E-state index in [1.54, 1.807) is 19.2 Å². The van der Waals surface area contributed by atoms with Crippen molar-refractivity contribution >= 4 is 12.0 Å². The monoisotopic (exact) mass is 306 g/mol. The fourth-order valence-electron chi connectivity index (χ4n) is 2.29. The van der Waals surface area contributed by atoms with Gasteiger partial charge in [-0.05, 0) is 42.4 Å². The van der Waals surface area contributed by atoms with E-state index in [9.17, 15) is 9.59 Å². The third-order valence-corrected chi connectivity index (χ3v) is 4.07. The second-order valence-corrected chi connectivity index (χ2v) is 5.78. The van der Waals surface area contributed by atoms with E-state index in [1.165, 1.54) is 12.1 Å². The molecule has 0 atom stereocenters. The van der Waals surface area contributed by atoms with Gasteiger partial charge in [0.25, 0.3) is 0 Å². The predicted octanol–water partition coefficient (Wildman–Crippen LogP) is 2.00. The first-order valence-corrected chi connectivity index (χ1v) is 7.38. The Balaban J connectivity index is 1.70. The summed E-state index contributed by atoms with van der Waals surface area (Å²) in [4.78, 5) is 22.5. The fourth-order valence-corrected chi connectivity index (χ4v) is 2.29. The summed E-state index contributed by atoms with van der Waals surface area (Å²) in [6.07, 6.45) is 3.24. The van der Waals surface area contributed by atoms with E-state index in [-0.39, 0.29) is 17.0 Å². The minimum atomic E-state index is -0.956. The number of carboxylic acid groups (broad SMARTS) is 1. The molecule has 0 radical (unpaired) electrons. The van der Waals surface area contributed by atoms with Crippen LogP contribution in [0.2, 0.25) is 0 Å². The van der Waals surface area contributed by atoms with Crippen LogP contribution in [0.5, 0.6) is 0 Å². The van der Waals surface area contributed by atoms with Crippen LogP contribution in [0.1, 0.15) is 35.2 Å². The van der Waals surface area contributed by atoms with Crippen molar-refractivity contribution in [1.82, 2.24) is 10.6 Å². The predicted molar refractivity (Wildman–Crippen MR) is 81.8 cm³/mol. The van der Waals surface area contributed by atoms with Gasteiger partial charge in [-0.1, -0.05) is 12.1 Å². The number of nitrogens with one attached hydrogen (secondary N) is 2. The Morgan fingerprint density at radius 1 is 1.23 bits per heavy atom. The Labute approximate surface area is 129 Å². The van der Waals surface area contributed by atoms with Crippen molar-refractivity contribution in [3.8, 4) is 0 Å². The number of carbonyl (C=O) groups is 2. The molecule has 0 spiro atoms. The number of benzene rings is 1. The maximum absolute atomic E-state index is 11.8. The lowest BCUT2D eigenvalue weighted by molar-refractivity contribution is 0.0697. The molecule has 2 amide bonds. The maximum atomic E-state index is 11.8. The fraction of sp³-hybridized carbons (Fsp3) is 0.500. The molecule has 2 rings (SSSR count). The molecule has 1 aliphatic carbocycles. The van der Waals surface area contributed by atoms with Crippen LogP contribution >= 0.6 is 0 Å². The summed E-state index contributed by atoms with van der Waals surface area (Å²) < 4.78 is 5.09. The van der Waals surface area contributed by atoms with Gasteiger partial charge in [0.05, 0.1) is 5.56 Å². The van der Waals surface area contributed by atoms with Crippen molar-refractivity contribution in [2.45, 2.75) is 25.8 Å². The van der Waals surface area contributed by atoms with Gasteiger partial charge in [0.15, 0.2) is 0 Å². The van der Waals surface area contributed by atoms with E-state index in [0.717, 1.165) is 31.4 Å². The Bertz CT molecular complexity index is 523. The van der Waals surface area contributed by atoms with Gasteiger partial charge in [0, 0.05) is 26.8 Å². The van der Waals surface area contributed by atoms with Crippen LogP contribution in [0.4, 0.5) is 4.79 Å². The van der Waals surface area contributed by atoms with Crippen molar-refractivity contribution in [3.05, 3.63) is 35.4 Å². The van der Waals surface area contributed by atoms with Crippen molar-refractivity contribution in [2.24, 2.45) is 5.41 Å². The average Bonchev–Trinajstić information content (AvgIpc) is 3.30. The van der Waals surface area contributed by atoms with Crippen molar-refractivity contribution in [1.29, 1.82) is 0 Å². The number of hydrogen-bond acceptors (Lipinski definition) is 3. The highest BCUT2D eigenvalue weighted by Crippen LogP contribution is 2.48. The molecule has 1 aliphatic rings. The third kappa shape index (κ3) is 4.73. The van der Waals surface area contributed by atoms with Gasteiger partial charge in [0.1, 0.15) is 0 Å². The molecule has 1 saturated carbocycles. The second kappa shape index (κ2) is 7.26. The molecule has 0 aliphatic heterocycles. The summed E-state index contributed by atoms with van der Waals surface area (Å²) in [5, 5.41) is 14.5. The molecule has 6 nitrogen and oxygen atoms in total. The maximum Gasteiger partial charge on any atom is 0.335 e. The van der Waals surface area contributed by atoms with Gasteiger partial charge < -0.3 is 20.5 Å². The lowest BCUT2D eigenvalue weighted by Crippen LogP contribution is -2.38. The van der Waals surface area contributed by atoms with E-state index in [2.05, 4.69) is 10.6 Å². The van der Waals surface area contributed by atoms with E-state index in [4.69, 9.17) is 9.84 Å². The molecule has 1 fully saturated rings. The molecule has 1 aromatic rings. The van der Waals surface area contributed by atoms with E-state index < -0.39 is 5.97 Å². The molecule has 22 heavy (non-hydrogen) atoms. The van der Waals surface area contributed by atoms with Gasteiger partial charge in [-0.15, -0.1) is 0 Å². The van der Waals surface area contributed by atoms with Crippen LogP contribution in [0.15, 0.2) is 24.3 Å². The van der Waals surface area contributed by atoms with Crippen molar-refractivity contribution in [2.75, 3.05) is 20.3 Å². The number of aromatic carboxylic acids is 1. The minimum Gasteiger partial charge on any atom is -0.478 e. The van der Waals surface area contributed by atoms with E-state index in [1.807, 2.05) is 0 Å². The number of carboxylic acids is 1. The van der Waals surface area contributed by atoms with E-state index >= 15 is 0 Å². The lowest BCUT2D eigenvalue weighted by Gasteiger charge is -2.16. The van der Waals surface area contributed by atoms with E-state index in [0.29, 0.717) is 13.1 Å². The Morgan fingerprint density at radius 2 is 1.91 bits per heavy atom. The topological polar surface area (TPSA) is 87.7 Å². The molecule has 0 aromatic heterocycles. The zero-order valence-electron chi connectivity index (χ0n) is 12.7. The molecule has 0 heterocycles. The first-order valence-electron chi connectivity index (χ1n) is 7.38. The second-order valence-electron chi connectivity index (χ2n) is 5.78. The van der Waals surface area contributed by atoms with Crippen LogP contribution in [-0.4, -0.2) is 37.4 Å². The van der Waals surface area contributed by atoms with Crippen LogP contribution in [0.3, 0.4) is 0 Å². The normalized spacial score (nSPS) is 15.1. The van der Waals surface area contributed by atoms with Gasteiger partial charge >= 0.3 is 12.0 Å². The van der Waals surface area contributed by atoms with Gasteiger partial charge in [-0.3, -0.25) is 0 Å². The third-order valence-electron chi connectivity index (χ3n) is 4.07. The number of amides is 2. The molecule has 3 N–H and O–H groups in total. The average molecular weight is 306 g/mol. The summed E-state index contributed by atoms with van der Waals surface area (Å²) in [5.41, 5.74) is 1.32. The highest BCUT2D eigenvalue weighted by molar-refractivity contribution is 5.87. The zero-order chi connectivity index (χ0) is 16.0. The number of rotatable bonds is 8. The smallest absolute Gasteiger partial charge is 0.335 e. The molecule has 0 unspecified atom stereocenters. The number of hydrogen-bond donors (Lipinski definition) is 3. The molecule has 6 heteroatoms. The molecule has 1 aromatic carbocycles. The highest BCUT2D eigenvalue weighted by atomic mass is 16.5. The van der Waals surface area contributed by atoms with Crippen LogP contribution in [0.25, 0.3) is 0 Å². The highest BCUT2D eigenvalue weighted by Gasteiger charge is 2.42. The lowest BCUT2D eigenvalue weighted by atomic mass is 10.0. The zero-order valence-corrected chi connectivity index (χ0v) is 12.7. The molecule has 120 valence electrons. The first-order chi connectivity index (χ1) is 10.5. The summed E-state index contributed by atoms with van der Waals surface area (Å²) in [6.45, 7) is 1.76. The van der Waals surface area contributed by atoms with Gasteiger partial charge in [-0.25, -0.2) is 9.59 Å². The number of urea groups is 1. The molecule has 0 saturated heterocycles. The summed E-state index contributed by atoms with van der Waals surface area (Å²) in [7, 11) is 1.69. The van der Waals surface area contributed by atoms with Gasteiger partial charge in [0.2, 0.25) is 0 Å². The Hall–Kier alpha value is -2.08. The van der Waals surface area contributed by atoms with Crippen LogP contribution in [0, 0.1) is 5.41 Å². The van der Waals surface area contributed by atoms with Crippen molar-refractivity contribution in [3.63, 3.8) is 0 Å². The molecular formula is C16H22N2O4. The largest absolute Gasteiger partial charge is 0.478 e. The summed E-state index contributed by atoms with van der Waals surface area (Å²) in [5.74, 6) is -0.956. The number of methoxy groups -OCH3 is 1. The molecular weight excluding hydrogens is 284 g/mol. The standard InChI is InChI=1S/C16H22N2O4/c1-22-9-8-16(6-7-16)11-18-15(21)17-10-12-2-4-13(5-3-12)14(19)20/h2-5H,6-11H2,1H3,(H,19,20)(H2,17,18,21). The summed E-state index contributed by atoms with van der Waals surface area (Å²) >= 11 is 0. The summed E-state index contributed by atoms with van der Waals surface area (Å²) in [6, 6.07) is 6.25. The Morgan fingerprint density at radius 3 is 2.45 bits per heavy atom. The quantitative estimate of drug-likeness (QED) is 0.685.